The molecule has 1 aromatic heterocycles. The number of nitrogens with zero attached hydrogens (tertiary/aromatic N) is 3. The molecule has 0 radical (unpaired) electrons. The zero-order valence-electron chi connectivity index (χ0n) is 12.9. The van der Waals surface area contributed by atoms with E-state index in [1.807, 2.05) is 0 Å². The first-order valence-corrected chi connectivity index (χ1v) is 7.89. The van der Waals surface area contributed by atoms with E-state index in [2.05, 4.69) is 10.2 Å². The Morgan fingerprint density at radius 2 is 1.88 bits per heavy atom. The Kier molecular flexibility index (Phi) is 5.15. The standard InChI is InChI=1S/C16H9Cl2N3O5/c17-11-4-1-9(2-5-11)15-20-19-14(26-15)8-25-16(22)10-3-6-12(18)13(7-10)21(23)24/h1-7H,8H2. The summed E-state index contributed by atoms with van der Waals surface area (Å²) in [6.07, 6.45) is 0. The van der Waals surface area contributed by atoms with Gasteiger partial charge in [0.1, 0.15) is 5.02 Å². The molecule has 0 aliphatic carbocycles. The molecule has 0 aliphatic heterocycles. The number of benzene rings is 2. The van der Waals surface area contributed by atoms with Crippen molar-refractivity contribution in [3.63, 3.8) is 0 Å². The van der Waals surface area contributed by atoms with Crippen molar-refractivity contribution in [3.8, 4) is 11.5 Å². The summed E-state index contributed by atoms with van der Waals surface area (Å²) < 4.78 is 10.4. The van der Waals surface area contributed by atoms with Crippen LogP contribution in [0.2, 0.25) is 10.0 Å². The Balaban J connectivity index is 1.68. The van der Waals surface area contributed by atoms with E-state index in [1.54, 1.807) is 24.3 Å². The number of hydrogen-bond donors (Lipinski definition) is 0. The minimum atomic E-state index is -0.781. The van der Waals surface area contributed by atoms with Crippen LogP contribution in [0, 0.1) is 10.1 Å². The molecule has 3 aromatic rings. The van der Waals surface area contributed by atoms with E-state index in [0.717, 1.165) is 6.07 Å². The van der Waals surface area contributed by atoms with Crippen LogP contribution in [0.3, 0.4) is 0 Å². The van der Waals surface area contributed by atoms with Crippen molar-refractivity contribution >= 4 is 34.9 Å². The van der Waals surface area contributed by atoms with Crippen LogP contribution in [-0.4, -0.2) is 21.1 Å². The SMILES string of the molecule is O=C(OCc1nnc(-c2ccc(Cl)cc2)o1)c1ccc(Cl)c([N+](=O)[O-])c1. The van der Waals surface area contributed by atoms with Crippen LogP contribution in [0.4, 0.5) is 5.69 Å². The quantitative estimate of drug-likeness (QED) is 0.360. The molecule has 0 saturated heterocycles. The lowest BCUT2D eigenvalue weighted by atomic mass is 10.2. The maximum Gasteiger partial charge on any atom is 0.338 e. The van der Waals surface area contributed by atoms with Gasteiger partial charge in [0.2, 0.25) is 5.89 Å². The molecule has 132 valence electrons. The zero-order chi connectivity index (χ0) is 18.7. The van der Waals surface area contributed by atoms with E-state index < -0.39 is 10.9 Å². The first-order chi connectivity index (χ1) is 12.4. The highest BCUT2D eigenvalue weighted by atomic mass is 35.5. The average molecular weight is 394 g/mol. The summed E-state index contributed by atoms with van der Waals surface area (Å²) in [5.74, 6) is -0.461. The molecule has 8 nitrogen and oxygen atoms in total. The van der Waals surface area contributed by atoms with Crippen molar-refractivity contribution in [3.05, 3.63) is 74.1 Å². The second kappa shape index (κ2) is 7.51. The Morgan fingerprint density at radius 3 is 2.58 bits per heavy atom. The lowest BCUT2D eigenvalue weighted by Crippen LogP contribution is -2.06. The third-order valence-corrected chi connectivity index (χ3v) is 3.83. The van der Waals surface area contributed by atoms with Crippen molar-refractivity contribution in [2.24, 2.45) is 0 Å². The number of halogens is 2. The first kappa shape index (κ1) is 17.8. The normalized spacial score (nSPS) is 10.5. The van der Waals surface area contributed by atoms with Crippen LogP contribution in [0.25, 0.3) is 11.5 Å². The second-order valence-electron chi connectivity index (χ2n) is 5.01. The molecular formula is C16H9Cl2N3O5. The lowest BCUT2D eigenvalue weighted by molar-refractivity contribution is -0.384. The number of rotatable bonds is 5. The van der Waals surface area contributed by atoms with Crippen molar-refractivity contribution in [1.82, 2.24) is 10.2 Å². The molecule has 3 rings (SSSR count). The molecule has 0 spiro atoms. The van der Waals surface area contributed by atoms with Crippen LogP contribution in [0.1, 0.15) is 16.2 Å². The topological polar surface area (TPSA) is 108 Å². The Labute approximate surface area is 156 Å². The van der Waals surface area contributed by atoms with Crippen LogP contribution in [0.15, 0.2) is 46.9 Å². The average Bonchev–Trinajstić information content (AvgIpc) is 3.09. The molecule has 1 heterocycles. The number of carbonyl (C=O) groups excluding carboxylic acids is 1. The first-order valence-electron chi connectivity index (χ1n) is 7.13. The monoisotopic (exact) mass is 393 g/mol. The Morgan fingerprint density at radius 1 is 1.15 bits per heavy atom. The van der Waals surface area contributed by atoms with E-state index in [1.165, 1.54) is 12.1 Å². The number of hydrogen-bond acceptors (Lipinski definition) is 7. The van der Waals surface area contributed by atoms with Crippen molar-refractivity contribution in [2.45, 2.75) is 6.61 Å². The number of aromatic nitrogens is 2. The van der Waals surface area contributed by atoms with E-state index in [0.29, 0.717) is 10.6 Å². The van der Waals surface area contributed by atoms with Gasteiger partial charge in [0, 0.05) is 16.7 Å². The third-order valence-electron chi connectivity index (χ3n) is 3.26. The second-order valence-corrected chi connectivity index (χ2v) is 5.85. The molecule has 0 atom stereocenters. The van der Waals surface area contributed by atoms with Gasteiger partial charge in [-0.2, -0.15) is 0 Å². The number of nitro groups is 1. The van der Waals surface area contributed by atoms with Crippen molar-refractivity contribution in [2.75, 3.05) is 0 Å². The Bertz CT molecular complexity index is 972. The third kappa shape index (κ3) is 3.98. The largest absolute Gasteiger partial charge is 0.452 e. The summed E-state index contributed by atoms with van der Waals surface area (Å²) in [5.41, 5.74) is 0.260. The number of ether oxygens (including phenoxy) is 1. The van der Waals surface area contributed by atoms with Gasteiger partial charge in [-0.1, -0.05) is 23.2 Å². The van der Waals surface area contributed by atoms with Gasteiger partial charge in [-0.25, -0.2) is 4.79 Å². The fourth-order valence-corrected chi connectivity index (χ4v) is 2.32. The molecule has 0 amide bonds. The number of esters is 1. The van der Waals surface area contributed by atoms with Crippen LogP contribution >= 0.6 is 23.2 Å². The number of nitro benzene ring substituents is 1. The lowest BCUT2D eigenvalue weighted by Gasteiger charge is -2.03. The van der Waals surface area contributed by atoms with E-state index in [4.69, 9.17) is 32.4 Å². The molecule has 10 heteroatoms. The van der Waals surface area contributed by atoms with Crippen molar-refractivity contribution < 1.29 is 18.9 Å². The van der Waals surface area contributed by atoms with E-state index in [-0.39, 0.29) is 34.7 Å². The summed E-state index contributed by atoms with van der Waals surface area (Å²) in [6.45, 7) is -0.282. The highest BCUT2D eigenvalue weighted by molar-refractivity contribution is 6.32. The summed E-state index contributed by atoms with van der Waals surface area (Å²) in [5, 5.41) is 19.0. The van der Waals surface area contributed by atoms with Gasteiger partial charge in [0.15, 0.2) is 6.61 Å². The molecule has 0 aliphatic rings. The summed E-state index contributed by atoms with van der Waals surface area (Å²) in [4.78, 5) is 22.2. The zero-order valence-corrected chi connectivity index (χ0v) is 14.4. The van der Waals surface area contributed by atoms with E-state index in [9.17, 15) is 14.9 Å². The van der Waals surface area contributed by atoms with E-state index >= 15 is 0 Å². The van der Waals surface area contributed by atoms with Crippen LogP contribution in [0.5, 0.6) is 0 Å². The molecule has 0 unspecified atom stereocenters. The maximum atomic E-state index is 12.0. The Hall–Kier alpha value is -2.97. The highest BCUT2D eigenvalue weighted by Gasteiger charge is 2.18. The smallest absolute Gasteiger partial charge is 0.338 e. The predicted octanol–water partition coefficient (Wildman–Crippen LogP) is 4.31. The maximum absolute atomic E-state index is 12.0. The molecule has 26 heavy (non-hydrogen) atoms. The summed E-state index contributed by atoms with van der Waals surface area (Å²) in [6, 6.07) is 10.4. The fraction of sp³-hybridized carbons (Fsp3) is 0.0625. The van der Waals surface area contributed by atoms with Crippen LogP contribution < -0.4 is 0 Å². The molecule has 0 N–H and O–H groups in total. The minimum Gasteiger partial charge on any atom is -0.452 e. The van der Waals surface area contributed by atoms with Gasteiger partial charge in [0.05, 0.1) is 10.5 Å². The molecule has 0 fully saturated rings. The summed E-state index contributed by atoms with van der Waals surface area (Å²) in [7, 11) is 0. The molecular weight excluding hydrogens is 385 g/mol. The highest BCUT2D eigenvalue weighted by Crippen LogP contribution is 2.25. The van der Waals surface area contributed by atoms with Gasteiger partial charge in [-0.15, -0.1) is 10.2 Å². The minimum absolute atomic E-state index is 0.0152. The van der Waals surface area contributed by atoms with Crippen LogP contribution in [-0.2, 0) is 11.3 Å². The van der Waals surface area contributed by atoms with Gasteiger partial charge < -0.3 is 9.15 Å². The molecule has 2 aromatic carbocycles. The molecule has 0 bridgehead atoms. The summed E-state index contributed by atoms with van der Waals surface area (Å²) >= 11 is 11.5. The number of carbonyl (C=O) groups is 1. The van der Waals surface area contributed by atoms with Crippen molar-refractivity contribution in [1.29, 1.82) is 0 Å². The molecule has 0 saturated carbocycles. The van der Waals surface area contributed by atoms with Gasteiger partial charge in [-0.3, -0.25) is 10.1 Å². The predicted molar refractivity (Wildman–Crippen MR) is 92.0 cm³/mol. The van der Waals surface area contributed by atoms with Gasteiger partial charge >= 0.3 is 5.97 Å². The van der Waals surface area contributed by atoms with Gasteiger partial charge in [-0.05, 0) is 36.4 Å². The van der Waals surface area contributed by atoms with Gasteiger partial charge in [0.25, 0.3) is 11.6 Å². The fourth-order valence-electron chi connectivity index (χ4n) is 2.01.